The molecule has 1 atom stereocenters. The van der Waals surface area contributed by atoms with Crippen LogP contribution in [0.15, 0.2) is 0 Å². The Labute approximate surface area is 152 Å². The average molecular weight is 412 g/mol. The molecular formula is C18H41IN2. The summed E-state index contributed by atoms with van der Waals surface area (Å²) in [6.07, 6.45) is 14.8. The molecule has 0 bridgehead atoms. The van der Waals surface area contributed by atoms with E-state index in [1.54, 1.807) is 0 Å². The van der Waals surface area contributed by atoms with E-state index in [9.17, 15) is 0 Å². The number of rotatable bonds is 13. The maximum absolute atomic E-state index is 2.50. The number of halogens is 1. The van der Waals surface area contributed by atoms with Gasteiger partial charge in [-0.05, 0) is 13.5 Å². The van der Waals surface area contributed by atoms with Gasteiger partial charge in [0.25, 0.3) is 0 Å². The highest BCUT2D eigenvalue weighted by Gasteiger charge is 2.21. The largest absolute Gasteiger partial charge is 1.00 e. The summed E-state index contributed by atoms with van der Waals surface area (Å²) in [4.78, 5) is 2.50. The predicted molar refractivity (Wildman–Crippen MR) is 92.0 cm³/mol. The van der Waals surface area contributed by atoms with Gasteiger partial charge in [-0.25, -0.2) is 0 Å². The standard InChI is InChI=1S/C18H41N2.HI/c1-7-8-9-10-11-12-13-14-15-16-17-19(3)18(2)20(4,5)6;/h18H,7-17H2,1-6H3;1H/q+1;/p-1. The molecule has 0 spiro atoms. The Hall–Kier alpha value is 0.650. The van der Waals surface area contributed by atoms with Crippen molar-refractivity contribution in [2.24, 2.45) is 0 Å². The van der Waals surface area contributed by atoms with E-state index >= 15 is 0 Å². The summed E-state index contributed by atoms with van der Waals surface area (Å²) in [6, 6.07) is 0. The van der Waals surface area contributed by atoms with Crippen molar-refractivity contribution in [3.05, 3.63) is 0 Å². The molecule has 0 aliphatic rings. The smallest absolute Gasteiger partial charge is 0.141 e. The number of unbranched alkanes of at least 4 members (excludes halogenated alkanes) is 9. The molecule has 0 aromatic rings. The van der Waals surface area contributed by atoms with Crippen LogP contribution in [0.2, 0.25) is 0 Å². The van der Waals surface area contributed by atoms with Crippen LogP contribution in [-0.2, 0) is 0 Å². The van der Waals surface area contributed by atoms with Gasteiger partial charge in [-0.2, -0.15) is 0 Å². The fourth-order valence-corrected chi connectivity index (χ4v) is 2.63. The lowest BCUT2D eigenvalue weighted by molar-refractivity contribution is -0.905. The van der Waals surface area contributed by atoms with Gasteiger partial charge in [0.2, 0.25) is 0 Å². The van der Waals surface area contributed by atoms with Crippen LogP contribution in [0.25, 0.3) is 0 Å². The number of nitrogens with zero attached hydrogens (tertiary/aromatic N) is 2. The molecule has 3 heteroatoms. The first-order chi connectivity index (χ1) is 9.39. The minimum absolute atomic E-state index is 0. The maximum atomic E-state index is 2.50. The Morgan fingerprint density at radius 3 is 1.52 bits per heavy atom. The van der Waals surface area contributed by atoms with Crippen LogP contribution in [0.1, 0.15) is 78.1 Å². The van der Waals surface area contributed by atoms with E-state index in [1.807, 2.05) is 0 Å². The van der Waals surface area contributed by atoms with Crippen LogP contribution >= 0.6 is 0 Å². The zero-order chi connectivity index (χ0) is 15.4. The third kappa shape index (κ3) is 14.0. The predicted octanol–water partition coefficient (Wildman–Crippen LogP) is 1.90. The molecule has 130 valence electrons. The van der Waals surface area contributed by atoms with Crippen molar-refractivity contribution in [3.63, 3.8) is 0 Å². The lowest BCUT2D eigenvalue weighted by Crippen LogP contribution is -3.00. The van der Waals surface area contributed by atoms with Gasteiger partial charge >= 0.3 is 0 Å². The molecule has 0 N–H and O–H groups in total. The fourth-order valence-electron chi connectivity index (χ4n) is 2.63. The quantitative estimate of drug-likeness (QED) is 0.193. The summed E-state index contributed by atoms with van der Waals surface area (Å²) >= 11 is 0. The zero-order valence-corrected chi connectivity index (χ0v) is 17.8. The van der Waals surface area contributed by atoms with E-state index in [2.05, 4.69) is 46.9 Å². The minimum atomic E-state index is 0. The van der Waals surface area contributed by atoms with Gasteiger partial charge in [-0.1, -0.05) is 64.7 Å². The van der Waals surface area contributed by atoms with Crippen molar-refractivity contribution in [1.82, 2.24) is 4.90 Å². The monoisotopic (exact) mass is 412 g/mol. The number of hydrogen-bond donors (Lipinski definition) is 0. The highest BCUT2D eigenvalue weighted by Crippen LogP contribution is 2.12. The van der Waals surface area contributed by atoms with E-state index in [4.69, 9.17) is 0 Å². The molecule has 1 unspecified atom stereocenters. The van der Waals surface area contributed by atoms with Gasteiger partial charge < -0.3 is 28.5 Å². The lowest BCUT2D eigenvalue weighted by Gasteiger charge is -2.37. The van der Waals surface area contributed by atoms with Gasteiger partial charge in [0.15, 0.2) is 0 Å². The third-order valence-corrected chi connectivity index (χ3v) is 4.62. The van der Waals surface area contributed by atoms with Crippen LogP contribution in [0.4, 0.5) is 0 Å². The highest BCUT2D eigenvalue weighted by molar-refractivity contribution is 4.55. The molecule has 2 nitrogen and oxygen atoms in total. The Morgan fingerprint density at radius 1 is 0.762 bits per heavy atom. The van der Waals surface area contributed by atoms with Gasteiger partial charge in [0, 0.05) is 13.5 Å². The first kappa shape index (κ1) is 23.9. The van der Waals surface area contributed by atoms with Gasteiger partial charge in [-0.15, -0.1) is 0 Å². The topological polar surface area (TPSA) is 3.24 Å². The highest BCUT2D eigenvalue weighted by atomic mass is 127. The summed E-state index contributed by atoms with van der Waals surface area (Å²) in [6.45, 7) is 5.86. The van der Waals surface area contributed by atoms with Gasteiger partial charge in [0.1, 0.15) is 6.17 Å². The molecule has 0 aromatic heterocycles. The van der Waals surface area contributed by atoms with E-state index in [0.29, 0.717) is 6.17 Å². The molecule has 0 fully saturated rings. The van der Waals surface area contributed by atoms with E-state index < -0.39 is 0 Å². The van der Waals surface area contributed by atoms with Crippen molar-refractivity contribution in [2.45, 2.75) is 84.2 Å². The summed E-state index contributed by atoms with van der Waals surface area (Å²) < 4.78 is 1.02. The molecule has 21 heavy (non-hydrogen) atoms. The average Bonchev–Trinajstić information content (AvgIpc) is 2.38. The molecule has 0 radical (unpaired) electrons. The molecule has 0 aliphatic heterocycles. The molecule has 0 aromatic carbocycles. The first-order valence-corrected chi connectivity index (χ1v) is 8.91. The molecular weight excluding hydrogens is 371 g/mol. The van der Waals surface area contributed by atoms with Crippen LogP contribution < -0.4 is 24.0 Å². The van der Waals surface area contributed by atoms with E-state index in [-0.39, 0.29) is 24.0 Å². The maximum Gasteiger partial charge on any atom is 0.141 e. The zero-order valence-electron chi connectivity index (χ0n) is 15.6. The summed E-state index contributed by atoms with van der Waals surface area (Å²) in [5.41, 5.74) is 0. The molecule has 0 saturated carbocycles. The van der Waals surface area contributed by atoms with E-state index in [0.717, 1.165) is 4.48 Å². The Kier molecular flexibility index (Phi) is 16.2. The van der Waals surface area contributed by atoms with Crippen LogP contribution in [0, 0.1) is 0 Å². The van der Waals surface area contributed by atoms with Crippen molar-refractivity contribution in [3.8, 4) is 0 Å². The second-order valence-electron chi connectivity index (χ2n) is 7.41. The lowest BCUT2D eigenvalue weighted by atomic mass is 10.1. The number of hydrogen-bond acceptors (Lipinski definition) is 1. The summed E-state index contributed by atoms with van der Waals surface area (Å²) in [7, 11) is 9.10. The first-order valence-electron chi connectivity index (χ1n) is 8.91. The van der Waals surface area contributed by atoms with Crippen LogP contribution in [0.5, 0.6) is 0 Å². The normalized spacial score (nSPS) is 13.3. The van der Waals surface area contributed by atoms with Crippen LogP contribution in [-0.4, -0.2) is 50.3 Å². The van der Waals surface area contributed by atoms with Crippen LogP contribution in [0.3, 0.4) is 0 Å². The van der Waals surface area contributed by atoms with E-state index in [1.165, 1.54) is 70.8 Å². The molecule has 0 aliphatic carbocycles. The Bertz CT molecular complexity index is 214. The SMILES string of the molecule is CCCCCCCCCCCCN(C)C(C)[N+](C)(C)C.[I-]. The molecule has 0 amide bonds. The molecule has 0 saturated heterocycles. The molecule has 0 rings (SSSR count). The fraction of sp³-hybridized carbons (Fsp3) is 1.00. The Morgan fingerprint density at radius 2 is 1.14 bits per heavy atom. The van der Waals surface area contributed by atoms with Crippen molar-refractivity contribution in [1.29, 1.82) is 0 Å². The van der Waals surface area contributed by atoms with Crippen molar-refractivity contribution in [2.75, 3.05) is 34.7 Å². The van der Waals surface area contributed by atoms with Crippen molar-refractivity contribution >= 4 is 0 Å². The Balaban J connectivity index is 0. The van der Waals surface area contributed by atoms with Gasteiger partial charge in [0.05, 0.1) is 21.1 Å². The second kappa shape index (κ2) is 14.3. The number of quaternary nitrogens is 1. The second-order valence-corrected chi connectivity index (χ2v) is 7.41. The third-order valence-electron chi connectivity index (χ3n) is 4.62. The minimum Gasteiger partial charge on any atom is -1.00 e. The molecule has 0 heterocycles. The summed E-state index contributed by atoms with van der Waals surface area (Å²) in [5, 5.41) is 0. The van der Waals surface area contributed by atoms with Crippen molar-refractivity contribution < 1.29 is 28.5 Å². The summed E-state index contributed by atoms with van der Waals surface area (Å²) in [5.74, 6) is 0. The van der Waals surface area contributed by atoms with Gasteiger partial charge in [-0.3, -0.25) is 4.90 Å².